The zero-order valence-electron chi connectivity index (χ0n) is 23.4. The van der Waals surface area contributed by atoms with Crippen LogP contribution in [-0.4, -0.2) is 64.7 Å². The van der Waals surface area contributed by atoms with Gasteiger partial charge in [0.25, 0.3) is 0 Å². The van der Waals surface area contributed by atoms with Crippen molar-refractivity contribution in [3.05, 3.63) is 90.0 Å². The summed E-state index contributed by atoms with van der Waals surface area (Å²) in [5, 5.41) is 2.92. The summed E-state index contributed by atoms with van der Waals surface area (Å²) in [4.78, 5) is 29.1. The third kappa shape index (κ3) is 8.22. The minimum absolute atomic E-state index is 0.115. The van der Waals surface area contributed by atoms with Crippen LogP contribution in [0.25, 0.3) is 0 Å². The van der Waals surface area contributed by atoms with E-state index in [4.69, 9.17) is 9.47 Å². The molecule has 10 heteroatoms. The van der Waals surface area contributed by atoms with E-state index in [1.54, 1.807) is 12.1 Å². The molecule has 0 heterocycles. The maximum absolute atomic E-state index is 14.1. The van der Waals surface area contributed by atoms with Crippen molar-refractivity contribution in [2.45, 2.75) is 32.4 Å². The van der Waals surface area contributed by atoms with Crippen molar-refractivity contribution >= 4 is 27.5 Å². The highest BCUT2D eigenvalue weighted by Gasteiger charge is 2.33. The molecule has 2 amide bonds. The highest BCUT2D eigenvalue weighted by atomic mass is 32.2. The maximum Gasteiger partial charge on any atom is 0.244 e. The smallest absolute Gasteiger partial charge is 0.244 e. The van der Waals surface area contributed by atoms with Crippen LogP contribution >= 0.6 is 0 Å². The number of rotatable bonds is 14. The van der Waals surface area contributed by atoms with E-state index in [0.717, 1.165) is 28.1 Å². The average Bonchev–Trinajstić information content (AvgIpc) is 2.96. The van der Waals surface area contributed by atoms with Crippen molar-refractivity contribution in [1.82, 2.24) is 10.2 Å². The zero-order chi connectivity index (χ0) is 29.1. The molecular weight excluding hydrogens is 530 g/mol. The average molecular weight is 568 g/mol. The molecule has 0 spiro atoms. The molecule has 0 bridgehead atoms. The van der Waals surface area contributed by atoms with Crippen LogP contribution in [0.2, 0.25) is 0 Å². The summed E-state index contributed by atoms with van der Waals surface area (Å²) >= 11 is 0. The van der Waals surface area contributed by atoms with Crippen molar-refractivity contribution in [3.8, 4) is 11.5 Å². The standard InChI is InChI=1S/C30H37N3O6S/c1-5-18-31-30(35)27(19-23-12-8-6-9-13-23)32(21-24-14-10-7-11-15-24)29(34)22-33(40(4,36)37)26-20-25(38-2)16-17-28(26)39-3/h6-17,20,27H,5,18-19,21-22H2,1-4H3,(H,31,35)/t27-/m0/s1. The second-order valence-electron chi connectivity index (χ2n) is 9.31. The summed E-state index contributed by atoms with van der Waals surface area (Å²) in [5.41, 5.74) is 1.84. The molecule has 3 aromatic rings. The number of anilines is 1. The lowest BCUT2D eigenvalue weighted by atomic mass is 10.0. The Kier molecular flexibility index (Phi) is 11.0. The van der Waals surface area contributed by atoms with Gasteiger partial charge in [-0.25, -0.2) is 8.42 Å². The van der Waals surface area contributed by atoms with Crippen LogP contribution in [0.15, 0.2) is 78.9 Å². The fourth-order valence-electron chi connectivity index (χ4n) is 4.29. The first-order valence-corrected chi connectivity index (χ1v) is 14.9. The third-order valence-electron chi connectivity index (χ3n) is 6.35. The number of ether oxygens (including phenoxy) is 2. The maximum atomic E-state index is 14.1. The molecule has 9 nitrogen and oxygen atoms in total. The summed E-state index contributed by atoms with van der Waals surface area (Å²) in [6, 6.07) is 22.6. The van der Waals surface area contributed by atoms with Gasteiger partial charge in [-0.2, -0.15) is 0 Å². The summed E-state index contributed by atoms with van der Waals surface area (Å²) in [6.45, 7) is 1.98. The fraction of sp³-hybridized carbons (Fsp3) is 0.333. The van der Waals surface area contributed by atoms with E-state index in [1.807, 2.05) is 67.6 Å². The van der Waals surface area contributed by atoms with E-state index < -0.39 is 28.5 Å². The van der Waals surface area contributed by atoms with Crippen molar-refractivity contribution in [2.24, 2.45) is 0 Å². The molecule has 1 atom stereocenters. The molecule has 0 aliphatic rings. The number of carbonyl (C=O) groups excluding carboxylic acids is 2. The van der Waals surface area contributed by atoms with E-state index >= 15 is 0 Å². The Labute approximate surface area is 236 Å². The number of amides is 2. The van der Waals surface area contributed by atoms with Gasteiger partial charge in [0, 0.05) is 25.6 Å². The SMILES string of the molecule is CCCNC(=O)[C@H](Cc1ccccc1)N(Cc1ccccc1)C(=O)CN(c1cc(OC)ccc1OC)S(C)(=O)=O. The van der Waals surface area contributed by atoms with Crippen molar-refractivity contribution in [3.63, 3.8) is 0 Å². The highest BCUT2D eigenvalue weighted by Crippen LogP contribution is 2.34. The normalized spacial score (nSPS) is 11.8. The monoisotopic (exact) mass is 567 g/mol. The molecule has 0 unspecified atom stereocenters. The van der Waals surface area contributed by atoms with Gasteiger partial charge in [-0.1, -0.05) is 67.6 Å². The predicted molar refractivity (Wildman–Crippen MR) is 156 cm³/mol. The van der Waals surface area contributed by atoms with Crippen LogP contribution in [0.5, 0.6) is 11.5 Å². The summed E-state index contributed by atoms with van der Waals surface area (Å²) < 4.78 is 37.8. The van der Waals surface area contributed by atoms with Crippen molar-refractivity contribution in [1.29, 1.82) is 0 Å². The van der Waals surface area contributed by atoms with Gasteiger partial charge < -0.3 is 19.7 Å². The van der Waals surface area contributed by atoms with E-state index in [-0.39, 0.29) is 30.3 Å². The number of carbonyl (C=O) groups is 2. The first-order valence-electron chi connectivity index (χ1n) is 13.0. The molecule has 0 saturated heterocycles. The van der Waals surface area contributed by atoms with E-state index in [9.17, 15) is 18.0 Å². The van der Waals surface area contributed by atoms with Gasteiger partial charge in [-0.15, -0.1) is 0 Å². The molecule has 40 heavy (non-hydrogen) atoms. The largest absolute Gasteiger partial charge is 0.497 e. The minimum Gasteiger partial charge on any atom is -0.497 e. The van der Waals surface area contributed by atoms with Gasteiger partial charge >= 0.3 is 0 Å². The Morgan fingerprint density at radius 2 is 1.52 bits per heavy atom. The Hall–Kier alpha value is -4.05. The number of methoxy groups -OCH3 is 2. The van der Waals surface area contributed by atoms with Crippen LogP contribution in [0, 0.1) is 0 Å². The topological polar surface area (TPSA) is 105 Å². The molecule has 0 saturated carbocycles. The van der Waals surface area contributed by atoms with Crippen LogP contribution < -0.4 is 19.1 Å². The predicted octanol–water partition coefficient (Wildman–Crippen LogP) is 3.64. The quantitative estimate of drug-likeness (QED) is 0.319. The van der Waals surface area contributed by atoms with Gasteiger partial charge in [0.05, 0.1) is 26.2 Å². The number of benzene rings is 3. The van der Waals surface area contributed by atoms with Gasteiger partial charge in [0.2, 0.25) is 21.8 Å². The molecule has 0 aliphatic carbocycles. The fourth-order valence-corrected chi connectivity index (χ4v) is 5.13. The van der Waals surface area contributed by atoms with Gasteiger partial charge in [-0.3, -0.25) is 13.9 Å². The zero-order valence-corrected chi connectivity index (χ0v) is 24.2. The second kappa shape index (κ2) is 14.4. The molecule has 0 aliphatic heterocycles. The number of hydrogen-bond donors (Lipinski definition) is 1. The molecule has 0 aromatic heterocycles. The number of sulfonamides is 1. The number of nitrogens with one attached hydrogen (secondary N) is 1. The third-order valence-corrected chi connectivity index (χ3v) is 7.48. The lowest BCUT2D eigenvalue weighted by molar-refractivity contribution is -0.140. The van der Waals surface area contributed by atoms with Gasteiger partial charge in [0.15, 0.2) is 0 Å². The lowest BCUT2D eigenvalue weighted by Crippen LogP contribution is -2.53. The van der Waals surface area contributed by atoms with Gasteiger partial charge in [-0.05, 0) is 29.7 Å². The van der Waals surface area contributed by atoms with E-state index in [0.29, 0.717) is 12.3 Å². The Morgan fingerprint density at radius 3 is 2.08 bits per heavy atom. The molecule has 0 radical (unpaired) electrons. The van der Waals surface area contributed by atoms with Crippen molar-refractivity contribution in [2.75, 3.05) is 37.9 Å². The number of hydrogen-bond acceptors (Lipinski definition) is 6. The molecule has 3 rings (SSSR count). The Morgan fingerprint density at radius 1 is 0.900 bits per heavy atom. The summed E-state index contributed by atoms with van der Waals surface area (Å²) in [7, 11) is -1.06. The summed E-state index contributed by atoms with van der Waals surface area (Å²) in [6.07, 6.45) is 2.01. The van der Waals surface area contributed by atoms with Gasteiger partial charge in [0.1, 0.15) is 24.1 Å². The molecule has 214 valence electrons. The van der Waals surface area contributed by atoms with E-state index in [1.165, 1.54) is 25.2 Å². The number of nitrogens with zero attached hydrogens (tertiary/aromatic N) is 2. The minimum atomic E-state index is -3.95. The molecule has 3 aromatic carbocycles. The summed E-state index contributed by atoms with van der Waals surface area (Å²) in [5.74, 6) is -0.180. The Balaban J connectivity index is 2.07. The first-order chi connectivity index (χ1) is 19.2. The van der Waals surface area contributed by atoms with E-state index in [2.05, 4.69) is 5.32 Å². The van der Waals surface area contributed by atoms with Crippen LogP contribution in [0.3, 0.4) is 0 Å². The molecular formula is C30H37N3O6S. The van der Waals surface area contributed by atoms with Crippen LogP contribution in [0.4, 0.5) is 5.69 Å². The van der Waals surface area contributed by atoms with Crippen LogP contribution in [0.1, 0.15) is 24.5 Å². The second-order valence-corrected chi connectivity index (χ2v) is 11.2. The van der Waals surface area contributed by atoms with Crippen molar-refractivity contribution < 1.29 is 27.5 Å². The lowest BCUT2D eigenvalue weighted by Gasteiger charge is -2.33. The first kappa shape index (κ1) is 30.5. The molecule has 0 fully saturated rings. The Bertz CT molecular complexity index is 1370. The molecule has 1 N–H and O–H groups in total. The van der Waals surface area contributed by atoms with Crippen LogP contribution in [-0.2, 0) is 32.6 Å². The highest BCUT2D eigenvalue weighted by molar-refractivity contribution is 7.92.